The number of amides is 2. The number of nitriles is 1. The van der Waals surface area contributed by atoms with E-state index in [-0.39, 0.29) is 30.3 Å². The fraction of sp³-hybridized carbons (Fsp3) is 0.316. The lowest BCUT2D eigenvalue weighted by Gasteiger charge is -2.36. The Balaban J connectivity index is 1.48. The lowest BCUT2D eigenvalue weighted by Crippen LogP contribution is -2.49. The summed E-state index contributed by atoms with van der Waals surface area (Å²) in [6.45, 7) is 2.35. The van der Waals surface area contributed by atoms with Crippen LogP contribution in [0, 0.1) is 17.1 Å². The van der Waals surface area contributed by atoms with Gasteiger partial charge in [0.1, 0.15) is 17.4 Å². The summed E-state index contributed by atoms with van der Waals surface area (Å²) in [7, 11) is 0. The summed E-state index contributed by atoms with van der Waals surface area (Å²) >= 11 is 1.45. The van der Waals surface area contributed by atoms with Crippen LogP contribution in [0.5, 0.6) is 0 Å². The van der Waals surface area contributed by atoms with Crippen LogP contribution in [0.25, 0.3) is 0 Å². The van der Waals surface area contributed by atoms with Gasteiger partial charge in [-0.2, -0.15) is 16.6 Å². The number of benzene rings is 1. The standard InChI is InChI=1S/C19H19FN4O2S/c20-16-2-1-3-17(15(16)12-21)23-7-9-24(10-8-23)18(25)4-6-22-19(26)14-5-11-27-13-14/h1-3,5,11,13H,4,6-10H2,(H,22,26). The summed E-state index contributed by atoms with van der Waals surface area (Å²) < 4.78 is 13.8. The van der Waals surface area contributed by atoms with Crippen LogP contribution < -0.4 is 10.2 Å². The maximum atomic E-state index is 13.8. The first kappa shape index (κ1) is 18.9. The monoisotopic (exact) mass is 386 g/mol. The van der Waals surface area contributed by atoms with E-state index in [0.717, 1.165) is 0 Å². The number of thiophene rings is 1. The molecule has 2 amide bonds. The summed E-state index contributed by atoms with van der Waals surface area (Å²) in [4.78, 5) is 27.8. The van der Waals surface area contributed by atoms with Crippen LogP contribution >= 0.6 is 11.3 Å². The first-order chi connectivity index (χ1) is 13.1. The van der Waals surface area contributed by atoms with E-state index in [9.17, 15) is 14.0 Å². The molecule has 1 aromatic carbocycles. The summed E-state index contributed by atoms with van der Waals surface area (Å²) in [6, 6.07) is 8.22. The largest absolute Gasteiger partial charge is 0.367 e. The van der Waals surface area contributed by atoms with E-state index in [1.54, 1.807) is 28.5 Å². The van der Waals surface area contributed by atoms with Crippen LogP contribution in [0.15, 0.2) is 35.0 Å². The molecule has 2 aromatic rings. The number of anilines is 1. The second-order valence-corrected chi connectivity index (χ2v) is 6.91. The highest BCUT2D eigenvalue weighted by atomic mass is 32.1. The fourth-order valence-corrected chi connectivity index (χ4v) is 3.66. The molecule has 0 saturated carbocycles. The van der Waals surface area contributed by atoms with Crippen LogP contribution in [0.3, 0.4) is 0 Å². The van der Waals surface area contributed by atoms with Gasteiger partial charge in [-0.3, -0.25) is 9.59 Å². The maximum Gasteiger partial charge on any atom is 0.252 e. The van der Waals surface area contributed by atoms with E-state index in [1.807, 2.05) is 16.3 Å². The minimum absolute atomic E-state index is 0.0278. The van der Waals surface area contributed by atoms with Crippen molar-refractivity contribution in [1.82, 2.24) is 10.2 Å². The van der Waals surface area contributed by atoms with Gasteiger partial charge in [-0.1, -0.05) is 6.07 Å². The van der Waals surface area contributed by atoms with Crippen molar-refractivity contribution in [3.63, 3.8) is 0 Å². The molecule has 0 unspecified atom stereocenters. The van der Waals surface area contributed by atoms with E-state index in [1.165, 1.54) is 17.4 Å². The van der Waals surface area contributed by atoms with Crippen LogP contribution in [0.4, 0.5) is 10.1 Å². The number of nitrogens with zero attached hydrogens (tertiary/aromatic N) is 3. The molecule has 8 heteroatoms. The van der Waals surface area contributed by atoms with E-state index in [0.29, 0.717) is 37.4 Å². The van der Waals surface area contributed by atoms with Gasteiger partial charge in [0.25, 0.3) is 5.91 Å². The molecule has 0 radical (unpaired) electrons. The van der Waals surface area contributed by atoms with Gasteiger partial charge < -0.3 is 15.1 Å². The zero-order valence-corrected chi connectivity index (χ0v) is 15.5. The molecule has 140 valence electrons. The first-order valence-electron chi connectivity index (χ1n) is 8.62. The van der Waals surface area contributed by atoms with Crippen LogP contribution in [0.1, 0.15) is 22.3 Å². The normalized spacial score (nSPS) is 13.9. The third kappa shape index (κ3) is 4.44. The maximum absolute atomic E-state index is 13.8. The molecule has 1 saturated heterocycles. The average molecular weight is 386 g/mol. The van der Waals surface area contributed by atoms with Crippen molar-refractivity contribution in [3.05, 3.63) is 52.0 Å². The number of halogens is 1. The molecule has 2 heterocycles. The van der Waals surface area contributed by atoms with Gasteiger partial charge in [0.15, 0.2) is 0 Å². The zero-order chi connectivity index (χ0) is 19.2. The van der Waals surface area contributed by atoms with Crippen molar-refractivity contribution < 1.29 is 14.0 Å². The van der Waals surface area contributed by atoms with E-state index >= 15 is 0 Å². The van der Waals surface area contributed by atoms with Crippen molar-refractivity contribution in [3.8, 4) is 6.07 Å². The molecule has 1 N–H and O–H groups in total. The Morgan fingerprint density at radius 1 is 1.22 bits per heavy atom. The minimum atomic E-state index is -0.533. The fourth-order valence-electron chi connectivity index (χ4n) is 3.02. The van der Waals surface area contributed by atoms with Crippen LogP contribution in [0.2, 0.25) is 0 Å². The molecular formula is C19H19FN4O2S. The van der Waals surface area contributed by atoms with Crippen molar-refractivity contribution in [2.24, 2.45) is 0 Å². The molecular weight excluding hydrogens is 367 g/mol. The molecule has 1 aromatic heterocycles. The number of piperazine rings is 1. The number of rotatable bonds is 5. The number of hydrogen-bond donors (Lipinski definition) is 1. The number of hydrogen-bond acceptors (Lipinski definition) is 5. The Bertz CT molecular complexity index is 855. The summed E-state index contributed by atoms with van der Waals surface area (Å²) in [5, 5.41) is 15.5. The Morgan fingerprint density at radius 3 is 2.67 bits per heavy atom. The lowest BCUT2D eigenvalue weighted by molar-refractivity contribution is -0.131. The number of carbonyl (C=O) groups excluding carboxylic acids is 2. The molecule has 1 fully saturated rings. The van der Waals surface area contributed by atoms with Crippen LogP contribution in [-0.4, -0.2) is 49.4 Å². The average Bonchev–Trinajstić information content (AvgIpc) is 3.22. The third-order valence-corrected chi connectivity index (χ3v) is 5.17. The lowest BCUT2D eigenvalue weighted by atomic mass is 10.1. The van der Waals surface area contributed by atoms with Gasteiger partial charge in [-0.15, -0.1) is 0 Å². The van der Waals surface area contributed by atoms with Gasteiger partial charge in [-0.25, -0.2) is 4.39 Å². The number of carbonyl (C=O) groups is 2. The highest BCUT2D eigenvalue weighted by Gasteiger charge is 2.23. The molecule has 0 aliphatic carbocycles. The van der Waals surface area contributed by atoms with E-state index < -0.39 is 5.82 Å². The Labute approximate surface area is 160 Å². The summed E-state index contributed by atoms with van der Waals surface area (Å²) in [6.07, 6.45) is 0.235. The summed E-state index contributed by atoms with van der Waals surface area (Å²) in [5.41, 5.74) is 1.20. The number of nitrogens with one attached hydrogen (secondary N) is 1. The predicted octanol–water partition coefficient (Wildman–Crippen LogP) is 2.23. The molecule has 1 aliphatic heterocycles. The van der Waals surface area contributed by atoms with Gasteiger partial charge >= 0.3 is 0 Å². The molecule has 27 heavy (non-hydrogen) atoms. The molecule has 1 aliphatic rings. The van der Waals surface area contributed by atoms with Gasteiger partial charge in [0.05, 0.1) is 5.69 Å². The molecule has 6 nitrogen and oxygen atoms in total. The van der Waals surface area contributed by atoms with Crippen molar-refractivity contribution in [1.29, 1.82) is 5.26 Å². The summed E-state index contributed by atoms with van der Waals surface area (Å²) in [5.74, 6) is -0.737. The van der Waals surface area contributed by atoms with Gasteiger partial charge in [-0.05, 0) is 23.6 Å². The highest BCUT2D eigenvalue weighted by molar-refractivity contribution is 7.08. The van der Waals surface area contributed by atoms with E-state index in [2.05, 4.69) is 5.32 Å². The van der Waals surface area contributed by atoms with E-state index in [4.69, 9.17) is 5.26 Å². The first-order valence-corrected chi connectivity index (χ1v) is 9.56. The predicted molar refractivity (Wildman–Crippen MR) is 101 cm³/mol. The SMILES string of the molecule is N#Cc1c(F)cccc1N1CCN(C(=O)CCNC(=O)c2ccsc2)CC1. The topological polar surface area (TPSA) is 76.4 Å². The second kappa shape index (κ2) is 8.64. The van der Waals surface area contributed by atoms with Crippen LogP contribution in [-0.2, 0) is 4.79 Å². The smallest absolute Gasteiger partial charge is 0.252 e. The molecule has 3 rings (SSSR count). The quantitative estimate of drug-likeness (QED) is 0.855. The zero-order valence-electron chi connectivity index (χ0n) is 14.7. The Morgan fingerprint density at radius 2 is 2.00 bits per heavy atom. The Hall–Kier alpha value is -2.92. The minimum Gasteiger partial charge on any atom is -0.367 e. The van der Waals surface area contributed by atoms with Crippen molar-refractivity contribution in [2.45, 2.75) is 6.42 Å². The molecule has 0 spiro atoms. The van der Waals surface area contributed by atoms with Crippen molar-refractivity contribution in [2.75, 3.05) is 37.6 Å². The van der Waals surface area contributed by atoms with Crippen molar-refractivity contribution >= 4 is 28.8 Å². The van der Waals surface area contributed by atoms with Gasteiger partial charge in [0, 0.05) is 50.1 Å². The highest BCUT2D eigenvalue weighted by Crippen LogP contribution is 2.23. The molecule has 0 atom stereocenters. The van der Waals surface area contributed by atoms with Gasteiger partial charge in [0.2, 0.25) is 5.91 Å². The Kier molecular flexibility index (Phi) is 6.04. The molecule has 0 bridgehead atoms. The second-order valence-electron chi connectivity index (χ2n) is 6.13. The third-order valence-electron chi connectivity index (χ3n) is 4.48.